The minimum atomic E-state index is -3.89. The zero-order valence-corrected chi connectivity index (χ0v) is 14.3. The first-order valence-corrected chi connectivity index (χ1v) is 8.41. The zero-order valence-electron chi connectivity index (χ0n) is 13.5. The van der Waals surface area contributed by atoms with Gasteiger partial charge < -0.3 is 4.74 Å². The number of sulfonamides is 1. The van der Waals surface area contributed by atoms with Crippen molar-refractivity contribution in [3.05, 3.63) is 29.8 Å². The summed E-state index contributed by atoms with van der Waals surface area (Å²) in [5, 5.41) is 0. The smallest absolute Gasteiger partial charge is 0.324 e. The Morgan fingerprint density at radius 2 is 1.71 bits per heavy atom. The number of benzene rings is 1. The maximum atomic E-state index is 12.1. The topological polar surface area (TPSA) is 131 Å². The van der Waals surface area contributed by atoms with Crippen LogP contribution in [0, 0.1) is 6.92 Å². The van der Waals surface area contributed by atoms with E-state index in [1.54, 1.807) is 12.1 Å². The summed E-state index contributed by atoms with van der Waals surface area (Å²) in [6, 6.07) is 4.89. The van der Waals surface area contributed by atoms with Crippen LogP contribution in [-0.2, 0) is 29.1 Å². The molecule has 0 aliphatic rings. The van der Waals surface area contributed by atoms with Gasteiger partial charge in [-0.05, 0) is 26.0 Å². The monoisotopic (exact) mass is 357 g/mol. The molecule has 0 aliphatic carbocycles. The van der Waals surface area contributed by atoms with Gasteiger partial charge in [0.15, 0.2) is 6.61 Å². The highest BCUT2D eigenvalue weighted by Gasteiger charge is 2.23. The van der Waals surface area contributed by atoms with Crippen LogP contribution in [0.2, 0.25) is 0 Å². The molecule has 1 aromatic rings. The maximum Gasteiger partial charge on any atom is 0.324 e. The van der Waals surface area contributed by atoms with Crippen LogP contribution in [0.4, 0.5) is 0 Å². The van der Waals surface area contributed by atoms with Gasteiger partial charge in [-0.15, -0.1) is 0 Å². The van der Waals surface area contributed by atoms with E-state index in [4.69, 9.17) is 0 Å². The second-order valence-corrected chi connectivity index (χ2v) is 6.71. The molecular formula is C14H19N3O6S. The number of carbonyl (C=O) groups excluding carboxylic acids is 3. The molecule has 0 aromatic heterocycles. The van der Waals surface area contributed by atoms with Gasteiger partial charge >= 0.3 is 5.97 Å². The Morgan fingerprint density at radius 1 is 1.12 bits per heavy atom. The lowest BCUT2D eigenvalue weighted by Gasteiger charge is -2.14. The fraction of sp³-hybridized carbons (Fsp3) is 0.357. The lowest BCUT2D eigenvalue weighted by atomic mass is 10.2. The van der Waals surface area contributed by atoms with Crippen LogP contribution < -0.4 is 15.6 Å². The zero-order chi connectivity index (χ0) is 18.3. The molecule has 0 spiro atoms. The number of rotatable bonds is 6. The SMILES string of the molecule is CC(=O)NNC(=O)COC(=O)[C@H](C)NS(=O)(=O)c1ccc(C)cc1. The first-order chi connectivity index (χ1) is 11.1. The molecule has 0 saturated carbocycles. The molecule has 0 heterocycles. The summed E-state index contributed by atoms with van der Waals surface area (Å²) in [6.45, 7) is 3.64. The van der Waals surface area contributed by atoms with Gasteiger partial charge in [0.1, 0.15) is 6.04 Å². The summed E-state index contributed by atoms with van der Waals surface area (Å²) in [7, 11) is -3.89. The lowest BCUT2D eigenvalue weighted by Crippen LogP contribution is -2.44. The highest BCUT2D eigenvalue weighted by molar-refractivity contribution is 7.89. The highest BCUT2D eigenvalue weighted by atomic mass is 32.2. The van der Waals surface area contributed by atoms with Crippen molar-refractivity contribution in [3.63, 3.8) is 0 Å². The molecule has 10 heteroatoms. The Bertz CT molecular complexity index is 715. The van der Waals surface area contributed by atoms with E-state index in [1.807, 2.05) is 17.8 Å². The molecule has 0 radical (unpaired) electrons. The van der Waals surface area contributed by atoms with Crippen LogP contribution in [0.5, 0.6) is 0 Å². The van der Waals surface area contributed by atoms with E-state index in [1.165, 1.54) is 26.0 Å². The van der Waals surface area contributed by atoms with Gasteiger partial charge in [0.25, 0.3) is 5.91 Å². The molecular weight excluding hydrogens is 338 g/mol. The third-order valence-electron chi connectivity index (χ3n) is 2.74. The number of esters is 1. The predicted octanol–water partition coefficient (Wildman–Crippen LogP) is -0.628. The second kappa shape index (κ2) is 8.41. The molecule has 1 aromatic carbocycles. The molecule has 3 N–H and O–H groups in total. The van der Waals surface area contributed by atoms with Gasteiger partial charge in [-0.3, -0.25) is 25.2 Å². The Labute approximate surface area is 139 Å². The summed E-state index contributed by atoms with van der Waals surface area (Å²) in [4.78, 5) is 33.6. The van der Waals surface area contributed by atoms with Crippen molar-refractivity contribution >= 4 is 27.8 Å². The fourth-order valence-electron chi connectivity index (χ4n) is 1.52. The normalized spacial score (nSPS) is 12.1. The molecule has 1 rings (SSSR count). The van der Waals surface area contributed by atoms with E-state index in [2.05, 4.69) is 9.46 Å². The summed E-state index contributed by atoms with van der Waals surface area (Å²) >= 11 is 0. The van der Waals surface area contributed by atoms with Crippen molar-refractivity contribution in [1.82, 2.24) is 15.6 Å². The van der Waals surface area contributed by atoms with E-state index >= 15 is 0 Å². The van der Waals surface area contributed by atoms with E-state index in [9.17, 15) is 22.8 Å². The molecule has 0 fully saturated rings. The molecule has 9 nitrogen and oxygen atoms in total. The van der Waals surface area contributed by atoms with Crippen molar-refractivity contribution in [2.45, 2.75) is 31.7 Å². The molecule has 0 saturated heterocycles. The standard InChI is InChI=1S/C14H19N3O6S/c1-9-4-6-12(7-5-9)24(21,22)17-10(2)14(20)23-8-13(19)16-15-11(3)18/h4-7,10,17H,8H2,1-3H3,(H,15,18)(H,16,19)/t10-/m0/s1. The Morgan fingerprint density at radius 3 is 2.25 bits per heavy atom. The third kappa shape index (κ3) is 6.34. The van der Waals surface area contributed by atoms with E-state index in [0.717, 1.165) is 5.56 Å². The van der Waals surface area contributed by atoms with Crippen LogP contribution in [0.15, 0.2) is 29.2 Å². The van der Waals surface area contributed by atoms with Crippen LogP contribution in [0.3, 0.4) is 0 Å². The Hall–Kier alpha value is -2.46. The Kier molecular flexibility index (Phi) is 6.86. The first-order valence-electron chi connectivity index (χ1n) is 6.93. The molecule has 0 unspecified atom stereocenters. The van der Waals surface area contributed by atoms with Crippen molar-refractivity contribution < 1.29 is 27.5 Å². The third-order valence-corrected chi connectivity index (χ3v) is 4.30. The molecule has 1 atom stereocenters. The predicted molar refractivity (Wildman–Crippen MR) is 83.9 cm³/mol. The molecule has 24 heavy (non-hydrogen) atoms. The number of aryl methyl sites for hydroxylation is 1. The van der Waals surface area contributed by atoms with Crippen molar-refractivity contribution in [1.29, 1.82) is 0 Å². The molecule has 0 aliphatic heterocycles. The van der Waals surface area contributed by atoms with Gasteiger partial charge in [-0.1, -0.05) is 17.7 Å². The van der Waals surface area contributed by atoms with E-state index in [-0.39, 0.29) is 4.90 Å². The Balaban J connectivity index is 2.55. The van der Waals surface area contributed by atoms with Crippen molar-refractivity contribution in [3.8, 4) is 0 Å². The van der Waals surface area contributed by atoms with Gasteiger partial charge in [0.05, 0.1) is 4.90 Å². The van der Waals surface area contributed by atoms with Crippen molar-refractivity contribution in [2.24, 2.45) is 0 Å². The van der Waals surface area contributed by atoms with E-state index < -0.39 is 40.5 Å². The summed E-state index contributed by atoms with van der Waals surface area (Å²) in [6.07, 6.45) is 0. The van der Waals surface area contributed by atoms with Crippen molar-refractivity contribution in [2.75, 3.05) is 6.61 Å². The summed E-state index contributed by atoms with van der Waals surface area (Å²) in [5.41, 5.74) is 4.92. The average Bonchev–Trinajstić information content (AvgIpc) is 2.50. The summed E-state index contributed by atoms with van der Waals surface area (Å²) in [5.74, 6) is -2.18. The minimum Gasteiger partial charge on any atom is -0.454 e. The minimum absolute atomic E-state index is 0.0103. The second-order valence-electron chi connectivity index (χ2n) is 4.99. The first kappa shape index (κ1) is 19.6. The van der Waals surface area contributed by atoms with Crippen LogP contribution in [0.25, 0.3) is 0 Å². The van der Waals surface area contributed by atoms with E-state index in [0.29, 0.717) is 0 Å². The number of nitrogens with one attached hydrogen (secondary N) is 3. The maximum absolute atomic E-state index is 12.1. The average molecular weight is 357 g/mol. The number of amides is 2. The summed E-state index contributed by atoms with van der Waals surface area (Å²) < 4.78 is 31.1. The van der Waals surface area contributed by atoms with Gasteiger partial charge in [0, 0.05) is 6.92 Å². The number of hydrogen-bond acceptors (Lipinski definition) is 6. The van der Waals surface area contributed by atoms with Crippen LogP contribution in [-0.4, -0.2) is 38.9 Å². The van der Waals surface area contributed by atoms with Crippen LogP contribution in [0.1, 0.15) is 19.4 Å². The number of hydrogen-bond donors (Lipinski definition) is 3. The lowest BCUT2D eigenvalue weighted by molar-refractivity contribution is -0.150. The molecule has 132 valence electrons. The number of carbonyl (C=O) groups is 3. The number of ether oxygens (including phenoxy) is 1. The number of hydrazine groups is 1. The van der Waals surface area contributed by atoms with Gasteiger partial charge in [-0.25, -0.2) is 8.42 Å². The van der Waals surface area contributed by atoms with Crippen LogP contribution >= 0.6 is 0 Å². The molecule has 0 bridgehead atoms. The van der Waals surface area contributed by atoms with Gasteiger partial charge in [0.2, 0.25) is 15.9 Å². The largest absolute Gasteiger partial charge is 0.454 e. The molecule has 2 amide bonds. The highest BCUT2D eigenvalue weighted by Crippen LogP contribution is 2.10. The fourth-order valence-corrected chi connectivity index (χ4v) is 2.71. The quantitative estimate of drug-likeness (QED) is 0.459. The van der Waals surface area contributed by atoms with Gasteiger partial charge in [-0.2, -0.15) is 4.72 Å².